The Morgan fingerprint density at radius 3 is 1.58 bits per heavy atom. The molecule has 0 amide bonds. The SMILES string of the molecule is CCCCCCCCCCCCCCCCC(=O)OC(COC(=O)CC)COC1OC(COC2OC(CO)C(O)C(O)C2O)C(O)C(O)C1O. The van der Waals surface area contributed by atoms with E-state index in [1.54, 1.807) is 6.92 Å². The zero-order valence-electron chi connectivity index (χ0n) is 29.9. The molecule has 0 aromatic carbocycles. The molecule has 0 aromatic rings. The Bertz CT molecular complexity index is 907. The quantitative estimate of drug-likeness (QED) is 0.0493. The number of carbonyl (C=O) groups excluding carboxylic acids is 2. The average molecular weight is 725 g/mol. The molecular formula is C35H64O15. The van der Waals surface area contributed by atoms with E-state index in [-0.39, 0.29) is 26.1 Å². The standard InChI is InChI=1S/C35H64O15/c1-3-5-6-7-8-9-10-11-12-13-14-15-16-17-18-27(38)48-23(20-45-26(37)4-2)21-46-34-33(44)31(42)29(40)25(50-34)22-47-35-32(43)30(41)28(39)24(19-36)49-35/h23-25,28-36,39-44H,3-22H2,1-2H3. The van der Waals surface area contributed by atoms with Crippen molar-refractivity contribution in [2.45, 2.75) is 184 Å². The van der Waals surface area contributed by atoms with E-state index in [4.69, 9.17) is 28.4 Å². The summed E-state index contributed by atoms with van der Waals surface area (Å²) in [5.74, 6) is -1.02. The highest BCUT2D eigenvalue weighted by Crippen LogP contribution is 2.26. The van der Waals surface area contributed by atoms with Crippen LogP contribution >= 0.6 is 0 Å². The van der Waals surface area contributed by atoms with Crippen molar-refractivity contribution < 1.29 is 73.8 Å². The molecule has 294 valence electrons. The zero-order valence-corrected chi connectivity index (χ0v) is 29.9. The summed E-state index contributed by atoms with van der Waals surface area (Å²) in [7, 11) is 0. The van der Waals surface area contributed by atoms with Gasteiger partial charge in [-0.1, -0.05) is 97.3 Å². The molecule has 2 heterocycles. The molecule has 0 aliphatic carbocycles. The fourth-order valence-corrected chi connectivity index (χ4v) is 5.90. The molecule has 2 aliphatic rings. The van der Waals surface area contributed by atoms with E-state index in [0.717, 1.165) is 19.3 Å². The molecule has 0 spiro atoms. The number of aliphatic hydroxyl groups excluding tert-OH is 7. The Kier molecular flexibility index (Phi) is 22.8. The Hall–Kier alpha value is -1.50. The van der Waals surface area contributed by atoms with Crippen LogP contribution in [0.4, 0.5) is 0 Å². The second-order valence-electron chi connectivity index (χ2n) is 13.4. The van der Waals surface area contributed by atoms with Gasteiger partial charge in [0, 0.05) is 12.8 Å². The van der Waals surface area contributed by atoms with Crippen LogP contribution in [0.3, 0.4) is 0 Å². The van der Waals surface area contributed by atoms with Gasteiger partial charge < -0.3 is 64.2 Å². The van der Waals surface area contributed by atoms with Crippen molar-refractivity contribution in [3.63, 3.8) is 0 Å². The van der Waals surface area contributed by atoms with Gasteiger partial charge in [-0.05, 0) is 6.42 Å². The van der Waals surface area contributed by atoms with Gasteiger partial charge >= 0.3 is 11.9 Å². The second kappa shape index (κ2) is 25.5. The molecule has 0 radical (unpaired) electrons. The largest absolute Gasteiger partial charge is 0.462 e. The van der Waals surface area contributed by atoms with Gasteiger partial charge in [-0.25, -0.2) is 0 Å². The van der Waals surface area contributed by atoms with Gasteiger partial charge in [0.2, 0.25) is 0 Å². The van der Waals surface area contributed by atoms with Crippen molar-refractivity contribution in [3.8, 4) is 0 Å². The van der Waals surface area contributed by atoms with Crippen LogP contribution in [-0.4, -0.2) is 142 Å². The van der Waals surface area contributed by atoms with Crippen LogP contribution in [0.1, 0.15) is 117 Å². The predicted molar refractivity (Wildman–Crippen MR) is 178 cm³/mol. The van der Waals surface area contributed by atoms with E-state index in [1.165, 1.54) is 64.2 Å². The molecule has 0 bridgehead atoms. The van der Waals surface area contributed by atoms with Gasteiger partial charge in [0.25, 0.3) is 0 Å². The molecular weight excluding hydrogens is 660 g/mol. The molecule has 2 aliphatic heterocycles. The fourth-order valence-electron chi connectivity index (χ4n) is 5.90. The normalized spacial score (nSPS) is 30.6. The summed E-state index contributed by atoms with van der Waals surface area (Å²) in [5.41, 5.74) is 0. The number of carbonyl (C=O) groups is 2. The lowest BCUT2D eigenvalue weighted by Gasteiger charge is -2.42. The van der Waals surface area contributed by atoms with E-state index >= 15 is 0 Å². The van der Waals surface area contributed by atoms with Crippen LogP contribution < -0.4 is 0 Å². The van der Waals surface area contributed by atoms with Crippen molar-refractivity contribution in [2.24, 2.45) is 0 Å². The van der Waals surface area contributed by atoms with Gasteiger partial charge in [-0.15, -0.1) is 0 Å². The van der Waals surface area contributed by atoms with Crippen LogP contribution in [0.2, 0.25) is 0 Å². The lowest BCUT2D eigenvalue weighted by atomic mass is 9.98. The number of rotatable bonds is 26. The Morgan fingerprint density at radius 1 is 0.580 bits per heavy atom. The first kappa shape index (κ1) is 44.7. The highest BCUT2D eigenvalue weighted by atomic mass is 16.7. The van der Waals surface area contributed by atoms with Crippen LogP contribution in [0.25, 0.3) is 0 Å². The summed E-state index contributed by atoms with van der Waals surface area (Å²) < 4.78 is 32.6. The topological polar surface area (TPSA) is 231 Å². The predicted octanol–water partition coefficient (Wildman–Crippen LogP) is 1.36. The lowest BCUT2D eigenvalue weighted by molar-refractivity contribution is -0.332. The van der Waals surface area contributed by atoms with Crippen molar-refractivity contribution in [2.75, 3.05) is 26.4 Å². The van der Waals surface area contributed by atoms with E-state index in [2.05, 4.69) is 6.92 Å². The lowest BCUT2D eigenvalue weighted by Crippen LogP contribution is -2.61. The monoisotopic (exact) mass is 724 g/mol. The van der Waals surface area contributed by atoms with Crippen LogP contribution in [0.5, 0.6) is 0 Å². The molecule has 11 unspecified atom stereocenters. The second-order valence-corrected chi connectivity index (χ2v) is 13.4. The van der Waals surface area contributed by atoms with Gasteiger partial charge in [0.1, 0.15) is 55.4 Å². The summed E-state index contributed by atoms with van der Waals surface area (Å²) in [6, 6.07) is 0. The third kappa shape index (κ3) is 16.0. The first-order valence-electron chi connectivity index (χ1n) is 18.6. The fraction of sp³-hybridized carbons (Fsp3) is 0.943. The van der Waals surface area contributed by atoms with Gasteiger partial charge in [0.15, 0.2) is 18.7 Å². The van der Waals surface area contributed by atoms with Gasteiger partial charge in [-0.2, -0.15) is 0 Å². The minimum atomic E-state index is -1.75. The summed E-state index contributed by atoms with van der Waals surface area (Å²) in [6.45, 7) is 1.95. The molecule has 15 heteroatoms. The first-order valence-corrected chi connectivity index (χ1v) is 18.6. The highest BCUT2D eigenvalue weighted by Gasteiger charge is 2.47. The van der Waals surface area contributed by atoms with E-state index in [1.807, 2.05) is 0 Å². The summed E-state index contributed by atoms with van der Waals surface area (Å²) in [5, 5.41) is 71.0. The maximum absolute atomic E-state index is 12.6. The summed E-state index contributed by atoms with van der Waals surface area (Å²) >= 11 is 0. The third-order valence-electron chi connectivity index (χ3n) is 9.14. The molecule has 7 N–H and O–H groups in total. The molecule has 15 nitrogen and oxygen atoms in total. The molecule has 2 saturated heterocycles. The molecule has 2 fully saturated rings. The Labute approximate surface area is 296 Å². The number of esters is 2. The number of hydrogen-bond donors (Lipinski definition) is 7. The Morgan fingerprint density at radius 2 is 1.06 bits per heavy atom. The summed E-state index contributed by atoms with van der Waals surface area (Å²) in [4.78, 5) is 24.4. The average Bonchev–Trinajstić information content (AvgIpc) is 3.11. The van der Waals surface area contributed by atoms with Crippen LogP contribution in [0.15, 0.2) is 0 Å². The smallest absolute Gasteiger partial charge is 0.306 e. The maximum Gasteiger partial charge on any atom is 0.306 e. The number of hydrogen-bond acceptors (Lipinski definition) is 15. The molecule has 0 aromatic heterocycles. The molecule has 11 atom stereocenters. The number of aliphatic hydroxyl groups is 7. The number of ether oxygens (including phenoxy) is 6. The van der Waals surface area contributed by atoms with Crippen LogP contribution in [0, 0.1) is 0 Å². The van der Waals surface area contributed by atoms with Crippen LogP contribution in [-0.2, 0) is 38.0 Å². The van der Waals surface area contributed by atoms with E-state index in [0.29, 0.717) is 6.42 Å². The maximum atomic E-state index is 12.6. The zero-order chi connectivity index (χ0) is 36.9. The van der Waals surface area contributed by atoms with E-state index in [9.17, 15) is 45.3 Å². The van der Waals surface area contributed by atoms with Crippen molar-refractivity contribution in [1.82, 2.24) is 0 Å². The van der Waals surface area contributed by atoms with Crippen molar-refractivity contribution >= 4 is 11.9 Å². The van der Waals surface area contributed by atoms with E-state index < -0.39 is 92.7 Å². The van der Waals surface area contributed by atoms with Gasteiger partial charge in [-0.3, -0.25) is 9.59 Å². The molecule has 50 heavy (non-hydrogen) atoms. The molecule has 0 saturated carbocycles. The third-order valence-corrected chi connectivity index (χ3v) is 9.14. The minimum absolute atomic E-state index is 0.102. The van der Waals surface area contributed by atoms with Crippen molar-refractivity contribution in [3.05, 3.63) is 0 Å². The molecule has 2 rings (SSSR count). The first-order chi connectivity index (χ1) is 24.0. The van der Waals surface area contributed by atoms with Crippen molar-refractivity contribution in [1.29, 1.82) is 0 Å². The van der Waals surface area contributed by atoms with Gasteiger partial charge in [0.05, 0.1) is 19.8 Å². The minimum Gasteiger partial charge on any atom is -0.462 e. The Balaban J connectivity index is 1.77. The highest BCUT2D eigenvalue weighted by molar-refractivity contribution is 5.70. The summed E-state index contributed by atoms with van der Waals surface area (Å²) in [6.07, 6.45) is 0.0654. The number of unbranched alkanes of at least 4 members (excludes halogenated alkanes) is 13.